The van der Waals surface area contributed by atoms with E-state index in [-0.39, 0.29) is 0 Å². The van der Waals surface area contributed by atoms with Gasteiger partial charge in [-0.3, -0.25) is 4.57 Å². The van der Waals surface area contributed by atoms with E-state index in [1.807, 2.05) is 11.5 Å². The zero-order chi connectivity index (χ0) is 19.7. The summed E-state index contributed by atoms with van der Waals surface area (Å²) in [5.74, 6) is 0.558. The monoisotopic (exact) mass is 389 g/mol. The number of hydrogen-bond acceptors (Lipinski definition) is 4. The lowest BCUT2D eigenvalue weighted by molar-refractivity contribution is 1.03. The van der Waals surface area contributed by atoms with E-state index in [0.29, 0.717) is 10.7 Å². The molecule has 0 aliphatic heterocycles. The number of nitrogens with zero attached hydrogens (tertiary/aromatic N) is 3. The van der Waals surface area contributed by atoms with Gasteiger partial charge < -0.3 is 10.3 Å². The van der Waals surface area contributed by atoms with Crippen molar-refractivity contribution in [2.24, 2.45) is 0 Å². The number of anilines is 2. The summed E-state index contributed by atoms with van der Waals surface area (Å²) >= 11 is 5.58. The standard InChI is InChI=1S/C22H23N5S/c1-4-15-6-10-17(11-7-15)24-21-23-14(3)19-20(26-21)27(22(28)25-19)18-12-8-16(5-2)9-13-18/h6-13H,4-5H2,1-3H3,(H,25,28)(H,23,24,26). The van der Waals surface area contributed by atoms with Crippen LogP contribution in [-0.4, -0.2) is 19.5 Å². The summed E-state index contributed by atoms with van der Waals surface area (Å²) in [7, 11) is 0. The van der Waals surface area contributed by atoms with Gasteiger partial charge >= 0.3 is 0 Å². The first-order valence-electron chi connectivity index (χ1n) is 9.53. The Hall–Kier alpha value is -2.99. The molecule has 28 heavy (non-hydrogen) atoms. The topological polar surface area (TPSA) is 58.5 Å². The molecule has 0 amide bonds. The van der Waals surface area contributed by atoms with Crippen LogP contribution in [0.1, 0.15) is 30.7 Å². The average Bonchev–Trinajstić information content (AvgIpc) is 3.05. The van der Waals surface area contributed by atoms with Crippen molar-refractivity contribution in [2.45, 2.75) is 33.6 Å². The van der Waals surface area contributed by atoms with Crippen molar-refractivity contribution >= 4 is 35.0 Å². The molecule has 5 nitrogen and oxygen atoms in total. The first-order valence-corrected chi connectivity index (χ1v) is 9.94. The Morgan fingerprint density at radius 1 is 0.929 bits per heavy atom. The molecule has 2 aromatic carbocycles. The highest BCUT2D eigenvalue weighted by Gasteiger charge is 2.13. The van der Waals surface area contributed by atoms with Crippen LogP contribution in [0.2, 0.25) is 0 Å². The molecule has 0 spiro atoms. The summed E-state index contributed by atoms with van der Waals surface area (Å²) < 4.78 is 2.57. The summed E-state index contributed by atoms with van der Waals surface area (Å²) in [6, 6.07) is 16.7. The number of rotatable bonds is 5. The molecular weight excluding hydrogens is 366 g/mol. The van der Waals surface area contributed by atoms with Gasteiger partial charge in [0.05, 0.1) is 5.69 Å². The maximum absolute atomic E-state index is 5.58. The molecule has 2 heterocycles. The van der Waals surface area contributed by atoms with Gasteiger partial charge in [-0.2, -0.15) is 4.98 Å². The third-order valence-electron chi connectivity index (χ3n) is 4.94. The maximum atomic E-state index is 5.58. The van der Waals surface area contributed by atoms with Gasteiger partial charge in [0.15, 0.2) is 10.4 Å². The number of fused-ring (bicyclic) bond motifs is 1. The van der Waals surface area contributed by atoms with Crippen LogP contribution in [0.5, 0.6) is 0 Å². The van der Waals surface area contributed by atoms with Gasteiger partial charge in [0.25, 0.3) is 0 Å². The van der Waals surface area contributed by atoms with E-state index < -0.39 is 0 Å². The van der Waals surface area contributed by atoms with E-state index in [1.54, 1.807) is 0 Å². The van der Waals surface area contributed by atoms with E-state index >= 15 is 0 Å². The molecule has 2 aromatic heterocycles. The number of aromatic amines is 1. The first kappa shape index (κ1) is 18.4. The smallest absolute Gasteiger partial charge is 0.229 e. The Morgan fingerprint density at radius 2 is 1.54 bits per heavy atom. The number of benzene rings is 2. The molecule has 4 aromatic rings. The molecule has 0 unspecified atom stereocenters. The molecule has 0 radical (unpaired) electrons. The molecule has 0 fully saturated rings. The number of nitrogens with one attached hydrogen (secondary N) is 2. The van der Waals surface area contributed by atoms with E-state index in [1.165, 1.54) is 11.1 Å². The molecule has 2 N–H and O–H groups in total. The molecule has 142 valence electrons. The summed E-state index contributed by atoms with van der Waals surface area (Å²) in [5, 5.41) is 3.31. The van der Waals surface area contributed by atoms with Crippen molar-refractivity contribution in [3.63, 3.8) is 0 Å². The highest BCUT2D eigenvalue weighted by atomic mass is 32.1. The Labute approximate surface area is 169 Å². The van der Waals surface area contributed by atoms with Gasteiger partial charge in [0.1, 0.15) is 5.52 Å². The van der Waals surface area contributed by atoms with E-state index in [9.17, 15) is 0 Å². The summed E-state index contributed by atoms with van der Waals surface area (Å²) in [5.41, 5.74) is 7.03. The van der Waals surface area contributed by atoms with Crippen LogP contribution < -0.4 is 5.32 Å². The largest absolute Gasteiger partial charge is 0.327 e. The fraction of sp³-hybridized carbons (Fsp3) is 0.227. The van der Waals surface area contributed by atoms with Crippen molar-refractivity contribution in [1.29, 1.82) is 0 Å². The van der Waals surface area contributed by atoms with Crippen LogP contribution in [0.3, 0.4) is 0 Å². The van der Waals surface area contributed by atoms with E-state index in [2.05, 4.69) is 77.7 Å². The van der Waals surface area contributed by atoms with Crippen LogP contribution in [0.15, 0.2) is 48.5 Å². The summed E-state index contributed by atoms with van der Waals surface area (Å²) in [4.78, 5) is 12.6. The van der Waals surface area contributed by atoms with Crippen LogP contribution in [-0.2, 0) is 12.8 Å². The van der Waals surface area contributed by atoms with E-state index in [0.717, 1.165) is 41.1 Å². The lowest BCUT2D eigenvalue weighted by Gasteiger charge is -2.09. The minimum Gasteiger partial charge on any atom is -0.327 e. The summed E-state index contributed by atoms with van der Waals surface area (Å²) in [6.45, 7) is 6.26. The third-order valence-corrected chi connectivity index (χ3v) is 5.22. The minimum absolute atomic E-state index is 0.558. The predicted octanol–water partition coefficient (Wildman–Crippen LogP) is 5.65. The molecule has 0 aliphatic carbocycles. The number of imidazole rings is 1. The highest BCUT2D eigenvalue weighted by molar-refractivity contribution is 7.71. The maximum Gasteiger partial charge on any atom is 0.229 e. The zero-order valence-corrected chi connectivity index (χ0v) is 17.1. The molecule has 6 heteroatoms. The highest BCUT2D eigenvalue weighted by Crippen LogP contribution is 2.23. The van der Waals surface area contributed by atoms with Crippen molar-refractivity contribution in [1.82, 2.24) is 19.5 Å². The van der Waals surface area contributed by atoms with Crippen molar-refractivity contribution < 1.29 is 0 Å². The molecule has 0 bridgehead atoms. The van der Waals surface area contributed by atoms with Crippen LogP contribution in [0, 0.1) is 11.7 Å². The second-order valence-electron chi connectivity index (χ2n) is 6.79. The lowest BCUT2D eigenvalue weighted by atomic mass is 10.1. The molecule has 0 saturated carbocycles. The number of aryl methyl sites for hydroxylation is 3. The molecule has 0 saturated heterocycles. The summed E-state index contributed by atoms with van der Waals surface area (Å²) in [6.07, 6.45) is 2.02. The average molecular weight is 390 g/mol. The van der Waals surface area contributed by atoms with Gasteiger partial charge in [-0.25, -0.2) is 4.98 Å². The lowest BCUT2D eigenvalue weighted by Crippen LogP contribution is -2.02. The van der Waals surface area contributed by atoms with Gasteiger partial charge in [0, 0.05) is 11.4 Å². The number of H-pyrrole nitrogens is 1. The van der Waals surface area contributed by atoms with Crippen molar-refractivity contribution in [3.8, 4) is 5.69 Å². The minimum atomic E-state index is 0.558. The van der Waals surface area contributed by atoms with Crippen molar-refractivity contribution in [2.75, 3.05) is 5.32 Å². The Balaban J connectivity index is 1.78. The van der Waals surface area contributed by atoms with Crippen molar-refractivity contribution in [3.05, 3.63) is 70.1 Å². The zero-order valence-electron chi connectivity index (χ0n) is 16.3. The van der Waals surface area contributed by atoms with Gasteiger partial charge in [-0.1, -0.05) is 38.1 Å². The molecule has 0 aliphatic rings. The molecule has 4 rings (SSSR count). The van der Waals surface area contributed by atoms with Gasteiger partial charge in [-0.15, -0.1) is 0 Å². The number of aromatic nitrogens is 4. The van der Waals surface area contributed by atoms with E-state index in [4.69, 9.17) is 17.2 Å². The van der Waals surface area contributed by atoms with Crippen LogP contribution >= 0.6 is 12.2 Å². The SMILES string of the molecule is CCc1ccc(Nc2nc(C)c3[nH]c(=S)n(-c4ccc(CC)cc4)c3n2)cc1. The fourth-order valence-corrected chi connectivity index (χ4v) is 3.55. The first-order chi connectivity index (χ1) is 13.6. The fourth-order valence-electron chi connectivity index (χ4n) is 3.25. The normalized spacial score (nSPS) is 11.1. The van der Waals surface area contributed by atoms with Crippen LogP contribution in [0.25, 0.3) is 16.9 Å². The molecular formula is C22H23N5S. The predicted molar refractivity (Wildman–Crippen MR) is 117 cm³/mol. The van der Waals surface area contributed by atoms with Gasteiger partial charge in [-0.05, 0) is 67.4 Å². The Morgan fingerprint density at radius 3 is 2.14 bits per heavy atom. The molecule has 0 atom stereocenters. The van der Waals surface area contributed by atoms with Crippen LogP contribution in [0.4, 0.5) is 11.6 Å². The second kappa shape index (κ2) is 7.56. The Bertz CT molecular complexity index is 1170. The third kappa shape index (κ3) is 3.43. The van der Waals surface area contributed by atoms with Gasteiger partial charge in [0.2, 0.25) is 5.95 Å². The Kier molecular flexibility index (Phi) is 4.96. The second-order valence-corrected chi connectivity index (χ2v) is 7.18. The number of hydrogen-bond donors (Lipinski definition) is 2. The quantitative estimate of drug-likeness (QED) is 0.433.